The number of nitrogens with one attached hydrogen (secondary N) is 1. The van der Waals surface area contributed by atoms with E-state index in [0.29, 0.717) is 24.5 Å². The van der Waals surface area contributed by atoms with Crippen LogP contribution in [0.2, 0.25) is 0 Å². The van der Waals surface area contributed by atoms with Gasteiger partial charge in [0.05, 0.1) is 19.8 Å². The highest BCUT2D eigenvalue weighted by molar-refractivity contribution is 6.04. The Bertz CT molecular complexity index is 1410. The van der Waals surface area contributed by atoms with E-state index in [2.05, 4.69) is 15.3 Å². The zero-order valence-electron chi connectivity index (χ0n) is 21.5. The first-order chi connectivity index (χ1) is 18.7. The molecule has 2 unspecified atom stereocenters. The standard InChI is InChI=1S/C28H28F2N4O5/c1-16-3-4-19(33-26(36)17-5-7-31-24(12-17)28(2,29)30)13-21(16)18-11-22-20-6-10-38-15-23(20)39-27(37)34(8-9-35)25(22)32-14-18/h3-5,7,11-14,20,23,35H,6,8-10,15H2,1-2H3,(H,33,36). The molecule has 0 aliphatic carbocycles. The second kappa shape index (κ2) is 10.7. The lowest BCUT2D eigenvalue weighted by Crippen LogP contribution is -2.38. The molecule has 2 aromatic heterocycles. The van der Waals surface area contributed by atoms with E-state index >= 15 is 0 Å². The van der Waals surface area contributed by atoms with Crippen molar-refractivity contribution in [2.45, 2.75) is 38.2 Å². The zero-order valence-corrected chi connectivity index (χ0v) is 21.5. The number of benzene rings is 1. The summed E-state index contributed by atoms with van der Waals surface area (Å²) in [6.45, 7) is 3.23. The number of halogens is 2. The minimum atomic E-state index is -3.17. The van der Waals surface area contributed by atoms with Gasteiger partial charge in [-0.25, -0.2) is 9.78 Å². The molecule has 2 amide bonds. The lowest BCUT2D eigenvalue weighted by Gasteiger charge is -2.29. The number of fused-ring (bicyclic) bond motifs is 3. The van der Waals surface area contributed by atoms with E-state index < -0.39 is 29.7 Å². The van der Waals surface area contributed by atoms with Crippen LogP contribution < -0.4 is 10.2 Å². The molecular weight excluding hydrogens is 510 g/mol. The summed E-state index contributed by atoms with van der Waals surface area (Å²) >= 11 is 0. The number of aliphatic hydroxyl groups is 1. The van der Waals surface area contributed by atoms with Gasteiger partial charge in [-0.3, -0.25) is 14.7 Å². The number of alkyl halides is 2. The molecule has 0 saturated carbocycles. The van der Waals surface area contributed by atoms with Gasteiger partial charge in [0.15, 0.2) is 0 Å². The summed E-state index contributed by atoms with van der Waals surface area (Å²) < 4.78 is 38.6. The fourth-order valence-corrected chi connectivity index (χ4v) is 4.91. The van der Waals surface area contributed by atoms with Crippen molar-refractivity contribution in [3.05, 3.63) is 71.2 Å². The number of hydrogen-bond acceptors (Lipinski definition) is 7. The molecule has 1 aromatic carbocycles. The van der Waals surface area contributed by atoms with Crippen LogP contribution in [-0.2, 0) is 15.4 Å². The number of pyridine rings is 2. The van der Waals surface area contributed by atoms with E-state index in [-0.39, 0.29) is 31.2 Å². The number of rotatable bonds is 6. The van der Waals surface area contributed by atoms with E-state index in [9.17, 15) is 23.5 Å². The van der Waals surface area contributed by atoms with Crippen LogP contribution in [0.4, 0.5) is 25.1 Å². The van der Waals surface area contributed by atoms with Gasteiger partial charge >= 0.3 is 6.09 Å². The van der Waals surface area contributed by atoms with Crippen molar-refractivity contribution in [1.82, 2.24) is 9.97 Å². The highest BCUT2D eigenvalue weighted by atomic mass is 19.3. The Morgan fingerprint density at radius 3 is 2.82 bits per heavy atom. The second-order valence-electron chi connectivity index (χ2n) is 9.71. The summed E-state index contributed by atoms with van der Waals surface area (Å²) in [5.41, 5.74) is 3.35. The minimum Gasteiger partial charge on any atom is -0.443 e. The molecule has 2 N–H and O–H groups in total. The number of carbonyl (C=O) groups excluding carboxylic acids is 2. The molecule has 0 spiro atoms. The van der Waals surface area contributed by atoms with Crippen LogP contribution in [0.3, 0.4) is 0 Å². The van der Waals surface area contributed by atoms with Crippen LogP contribution in [0.1, 0.15) is 46.4 Å². The predicted molar refractivity (Wildman–Crippen MR) is 139 cm³/mol. The molecule has 204 valence electrons. The predicted octanol–water partition coefficient (Wildman–Crippen LogP) is 4.64. The summed E-state index contributed by atoms with van der Waals surface area (Å²) in [4.78, 5) is 35.3. The molecule has 1 fully saturated rings. The number of amides is 2. The normalized spacial score (nSPS) is 19.0. The van der Waals surface area contributed by atoms with Crippen molar-refractivity contribution in [3.8, 4) is 11.1 Å². The fourth-order valence-electron chi connectivity index (χ4n) is 4.91. The van der Waals surface area contributed by atoms with Crippen molar-refractivity contribution in [2.75, 3.05) is 36.6 Å². The van der Waals surface area contributed by atoms with Crippen molar-refractivity contribution < 1.29 is 33.0 Å². The number of aromatic nitrogens is 2. The first-order valence-electron chi connectivity index (χ1n) is 12.6. The molecule has 4 heterocycles. The van der Waals surface area contributed by atoms with Crippen molar-refractivity contribution in [3.63, 3.8) is 0 Å². The Labute approximate surface area is 223 Å². The second-order valence-corrected chi connectivity index (χ2v) is 9.71. The molecule has 2 aliphatic heterocycles. The average Bonchev–Trinajstić information content (AvgIpc) is 3.03. The van der Waals surface area contributed by atoms with Gasteiger partial charge in [-0.1, -0.05) is 6.07 Å². The van der Waals surface area contributed by atoms with Crippen LogP contribution in [0.25, 0.3) is 11.1 Å². The molecular formula is C28H28F2N4O5. The van der Waals surface area contributed by atoms with E-state index in [4.69, 9.17) is 9.47 Å². The third-order valence-corrected chi connectivity index (χ3v) is 6.93. The summed E-state index contributed by atoms with van der Waals surface area (Å²) in [7, 11) is 0. The van der Waals surface area contributed by atoms with Crippen molar-refractivity contribution in [2.24, 2.45) is 0 Å². The molecule has 11 heteroatoms. The van der Waals surface area contributed by atoms with Gasteiger partial charge in [0.25, 0.3) is 11.8 Å². The number of carbonyl (C=O) groups is 2. The van der Waals surface area contributed by atoms with Gasteiger partial charge < -0.3 is 19.9 Å². The van der Waals surface area contributed by atoms with Gasteiger partial charge in [0.1, 0.15) is 17.6 Å². The number of aliphatic hydroxyl groups excluding tert-OH is 1. The van der Waals surface area contributed by atoms with E-state index in [1.807, 2.05) is 19.1 Å². The van der Waals surface area contributed by atoms with Crippen LogP contribution in [0, 0.1) is 6.92 Å². The topological polar surface area (TPSA) is 114 Å². The molecule has 5 rings (SSSR count). The van der Waals surface area contributed by atoms with Gasteiger partial charge in [0, 0.05) is 54.2 Å². The highest BCUT2D eigenvalue weighted by Gasteiger charge is 2.39. The van der Waals surface area contributed by atoms with Gasteiger partial charge in [0.2, 0.25) is 0 Å². The monoisotopic (exact) mass is 538 g/mol. The first kappa shape index (κ1) is 26.6. The number of β-amino-alcohol motifs (C(OH)–C–C–N with tert-alkyl or cyclic N) is 1. The molecule has 2 aliphatic rings. The third-order valence-electron chi connectivity index (χ3n) is 6.93. The largest absolute Gasteiger partial charge is 0.443 e. The first-order valence-corrected chi connectivity index (χ1v) is 12.6. The Morgan fingerprint density at radius 1 is 1.23 bits per heavy atom. The maximum Gasteiger partial charge on any atom is 0.415 e. The Kier molecular flexibility index (Phi) is 7.28. The lowest BCUT2D eigenvalue weighted by atomic mass is 9.87. The minimum absolute atomic E-state index is 0.0414. The molecule has 0 radical (unpaired) electrons. The van der Waals surface area contributed by atoms with E-state index in [1.165, 1.54) is 17.2 Å². The number of ether oxygens (including phenoxy) is 2. The van der Waals surface area contributed by atoms with Crippen LogP contribution in [0.5, 0.6) is 0 Å². The van der Waals surface area contributed by atoms with Crippen LogP contribution in [0.15, 0.2) is 48.8 Å². The maximum absolute atomic E-state index is 13.7. The molecule has 9 nitrogen and oxygen atoms in total. The lowest BCUT2D eigenvalue weighted by molar-refractivity contribution is -0.0259. The van der Waals surface area contributed by atoms with Gasteiger partial charge in [-0.15, -0.1) is 0 Å². The smallest absolute Gasteiger partial charge is 0.415 e. The SMILES string of the molecule is Cc1ccc(NC(=O)c2ccnc(C(C)(F)F)c2)cc1-c1cnc2c(c1)C1CCOCC1OC(=O)N2CCO. The summed E-state index contributed by atoms with van der Waals surface area (Å²) in [5.74, 6) is -3.40. The average molecular weight is 539 g/mol. The van der Waals surface area contributed by atoms with Crippen LogP contribution in [-0.4, -0.2) is 59.5 Å². The molecule has 2 atom stereocenters. The molecule has 0 bridgehead atoms. The maximum atomic E-state index is 13.7. The quantitative estimate of drug-likeness (QED) is 0.470. The van der Waals surface area contributed by atoms with Crippen LogP contribution >= 0.6 is 0 Å². The van der Waals surface area contributed by atoms with Gasteiger partial charge in [-0.2, -0.15) is 8.78 Å². The number of aryl methyl sites for hydroxylation is 1. The third kappa shape index (κ3) is 5.45. The highest BCUT2D eigenvalue weighted by Crippen LogP contribution is 2.40. The zero-order chi connectivity index (χ0) is 27.7. The number of anilines is 2. The van der Waals surface area contributed by atoms with E-state index in [0.717, 1.165) is 35.2 Å². The Morgan fingerprint density at radius 2 is 2.05 bits per heavy atom. The Balaban J connectivity index is 1.49. The summed E-state index contributed by atoms with van der Waals surface area (Å²) in [6.07, 6.45) is 2.41. The molecule has 3 aromatic rings. The van der Waals surface area contributed by atoms with Crippen molar-refractivity contribution in [1.29, 1.82) is 0 Å². The fraction of sp³-hybridized carbons (Fsp3) is 0.357. The van der Waals surface area contributed by atoms with Gasteiger partial charge in [-0.05, 0) is 54.8 Å². The molecule has 39 heavy (non-hydrogen) atoms. The molecule has 1 saturated heterocycles. The Hall–Kier alpha value is -3.96. The summed E-state index contributed by atoms with van der Waals surface area (Å²) in [5, 5.41) is 12.3. The summed E-state index contributed by atoms with van der Waals surface area (Å²) in [6, 6.07) is 9.78. The van der Waals surface area contributed by atoms with Crippen molar-refractivity contribution >= 4 is 23.5 Å². The number of nitrogens with zero attached hydrogens (tertiary/aromatic N) is 3. The van der Waals surface area contributed by atoms with E-state index in [1.54, 1.807) is 18.3 Å². The number of hydrogen-bond donors (Lipinski definition) is 2.